The van der Waals surface area contributed by atoms with Gasteiger partial charge in [0.25, 0.3) is 0 Å². The molecule has 10 nitrogen and oxygen atoms in total. The number of rotatable bonds is 12. The smallest absolute Gasteiger partial charge is 0.163 e. The first kappa shape index (κ1) is 33.5. The molecule has 0 spiro atoms. The molecule has 0 aliphatic carbocycles. The van der Waals surface area contributed by atoms with Crippen LogP contribution in [0.25, 0.3) is 16.6 Å². The third kappa shape index (κ3) is 7.36. The lowest BCUT2D eigenvalue weighted by Gasteiger charge is -2.46. The van der Waals surface area contributed by atoms with Crippen LogP contribution in [0.1, 0.15) is 47.7 Å². The van der Waals surface area contributed by atoms with Gasteiger partial charge in [-0.15, -0.1) is 0 Å². The number of carbonyl (C=O) groups excluding carboxylic acids is 1. The summed E-state index contributed by atoms with van der Waals surface area (Å²) in [6, 6.07) is 12.7. The van der Waals surface area contributed by atoms with Gasteiger partial charge in [0.15, 0.2) is 5.78 Å². The van der Waals surface area contributed by atoms with E-state index in [1.165, 1.54) is 12.1 Å². The zero-order valence-electron chi connectivity index (χ0n) is 28.1. The standard InChI is InChI=1S/C37H44FN7O3/c1-4-48-31-20-33(36-29(22-39)24-41-45(36)25-31)28-6-8-35(40-23-28)44-11-9-37(10-12-44,21-34(46)32-19-30(38)7-5-27(32)2)26-43-15-13-42(14-16-43)17-18-47-3/h5-8,19-20,23-25H,4,9-18,21,26H2,1-3H3. The van der Waals surface area contributed by atoms with Crippen LogP contribution >= 0.6 is 0 Å². The lowest BCUT2D eigenvalue weighted by atomic mass is 9.73. The summed E-state index contributed by atoms with van der Waals surface area (Å²) < 4.78 is 26.9. The summed E-state index contributed by atoms with van der Waals surface area (Å²) in [6.07, 6.45) is 7.25. The van der Waals surface area contributed by atoms with E-state index in [0.29, 0.717) is 29.9 Å². The first-order valence-electron chi connectivity index (χ1n) is 16.8. The fourth-order valence-corrected chi connectivity index (χ4v) is 7.17. The van der Waals surface area contributed by atoms with Gasteiger partial charge in [-0.1, -0.05) is 6.07 Å². The molecule has 0 unspecified atom stereocenters. The molecule has 0 atom stereocenters. The van der Waals surface area contributed by atoms with Crippen LogP contribution in [0.3, 0.4) is 0 Å². The predicted octanol–water partition coefficient (Wildman–Crippen LogP) is 5.24. The molecule has 3 aromatic heterocycles. The second kappa shape index (κ2) is 14.8. The Morgan fingerprint density at radius 3 is 2.50 bits per heavy atom. The van der Waals surface area contributed by atoms with E-state index in [1.54, 1.807) is 30.1 Å². The maximum absolute atomic E-state index is 14.2. The minimum Gasteiger partial charge on any atom is -0.492 e. The van der Waals surface area contributed by atoms with Crippen molar-refractivity contribution in [1.82, 2.24) is 24.4 Å². The Bertz CT molecular complexity index is 1770. The zero-order chi connectivity index (χ0) is 33.7. The van der Waals surface area contributed by atoms with Gasteiger partial charge in [0, 0.05) is 88.8 Å². The normalized spacial score (nSPS) is 17.0. The summed E-state index contributed by atoms with van der Waals surface area (Å²) in [6.45, 7) is 12.2. The highest BCUT2D eigenvalue weighted by molar-refractivity contribution is 5.98. The van der Waals surface area contributed by atoms with Crippen LogP contribution in [-0.2, 0) is 4.74 Å². The monoisotopic (exact) mass is 653 g/mol. The van der Waals surface area contributed by atoms with Gasteiger partial charge in [0.05, 0.1) is 36.7 Å². The number of ketones is 1. The number of hydrogen-bond acceptors (Lipinski definition) is 9. The molecule has 1 aromatic carbocycles. The molecular weight excluding hydrogens is 609 g/mol. The number of aromatic nitrogens is 3. The molecule has 252 valence electrons. The highest BCUT2D eigenvalue weighted by Crippen LogP contribution is 2.39. The highest BCUT2D eigenvalue weighted by atomic mass is 19.1. The van der Waals surface area contributed by atoms with Crippen molar-refractivity contribution >= 4 is 17.1 Å². The van der Waals surface area contributed by atoms with E-state index in [1.807, 2.05) is 38.2 Å². The second-order valence-electron chi connectivity index (χ2n) is 13.0. The lowest BCUT2D eigenvalue weighted by Crippen LogP contribution is -2.53. The summed E-state index contributed by atoms with van der Waals surface area (Å²) in [4.78, 5) is 25.8. The minimum absolute atomic E-state index is 0.0128. The Hall–Kier alpha value is -4.37. The molecule has 4 aromatic rings. The van der Waals surface area contributed by atoms with E-state index in [4.69, 9.17) is 14.5 Å². The molecule has 11 heteroatoms. The Morgan fingerprint density at radius 1 is 1.04 bits per heavy atom. The molecule has 48 heavy (non-hydrogen) atoms. The molecule has 0 amide bonds. The number of pyridine rings is 2. The first-order chi connectivity index (χ1) is 23.3. The highest BCUT2D eigenvalue weighted by Gasteiger charge is 2.39. The average molecular weight is 654 g/mol. The third-order valence-corrected chi connectivity index (χ3v) is 9.90. The summed E-state index contributed by atoms with van der Waals surface area (Å²) in [5.41, 5.74) is 3.99. The van der Waals surface area contributed by atoms with Crippen molar-refractivity contribution in [2.75, 3.05) is 77.6 Å². The summed E-state index contributed by atoms with van der Waals surface area (Å²) in [5.74, 6) is 1.18. The molecular formula is C37H44FN7O3. The molecule has 6 rings (SSSR count). The number of nitrogens with zero attached hydrogens (tertiary/aromatic N) is 7. The number of piperazine rings is 1. The number of ether oxygens (including phenoxy) is 2. The van der Waals surface area contributed by atoms with Gasteiger partial charge in [-0.3, -0.25) is 9.69 Å². The predicted molar refractivity (Wildman–Crippen MR) is 183 cm³/mol. The van der Waals surface area contributed by atoms with Crippen molar-refractivity contribution in [2.24, 2.45) is 5.41 Å². The third-order valence-electron chi connectivity index (χ3n) is 9.90. The number of hydrogen-bond donors (Lipinski definition) is 0. The number of carbonyl (C=O) groups is 1. The van der Waals surface area contributed by atoms with Gasteiger partial charge < -0.3 is 19.3 Å². The average Bonchev–Trinajstić information content (AvgIpc) is 3.52. The largest absolute Gasteiger partial charge is 0.492 e. The quantitative estimate of drug-likeness (QED) is 0.190. The number of fused-ring (bicyclic) bond motifs is 1. The van der Waals surface area contributed by atoms with Crippen LogP contribution in [0.5, 0.6) is 5.75 Å². The van der Waals surface area contributed by atoms with Gasteiger partial charge in [-0.2, -0.15) is 10.4 Å². The van der Waals surface area contributed by atoms with Gasteiger partial charge >= 0.3 is 0 Å². The van der Waals surface area contributed by atoms with E-state index in [2.05, 4.69) is 25.9 Å². The van der Waals surface area contributed by atoms with Crippen molar-refractivity contribution < 1.29 is 18.7 Å². The zero-order valence-corrected chi connectivity index (χ0v) is 28.1. The Labute approximate surface area is 281 Å². The van der Waals surface area contributed by atoms with Crippen LogP contribution in [0.4, 0.5) is 10.2 Å². The molecule has 0 N–H and O–H groups in total. The number of halogens is 1. The number of Topliss-reactive ketones (excluding diaryl/α,β-unsaturated/α-hetero) is 1. The van der Waals surface area contributed by atoms with E-state index < -0.39 is 0 Å². The van der Waals surface area contributed by atoms with Crippen LogP contribution in [0, 0.1) is 29.5 Å². The summed E-state index contributed by atoms with van der Waals surface area (Å²) in [5, 5.41) is 14.1. The summed E-state index contributed by atoms with van der Waals surface area (Å²) in [7, 11) is 1.74. The Kier molecular flexibility index (Phi) is 10.3. The maximum atomic E-state index is 14.2. The van der Waals surface area contributed by atoms with E-state index in [9.17, 15) is 14.4 Å². The number of methoxy groups -OCH3 is 1. The van der Waals surface area contributed by atoms with Crippen LogP contribution < -0.4 is 9.64 Å². The van der Waals surface area contributed by atoms with Gasteiger partial charge in [0.2, 0.25) is 0 Å². The van der Waals surface area contributed by atoms with Crippen molar-refractivity contribution in [1.29, 1.82) is 5.26 Å². The topological polar surface area (TPSA) is 99.2 Å². The lowest BCUT2D eigenvalue weighted by molar-refractivity contribution is 0.0506. The number of anilines is 1. The number of aryl methyl sites for hydroxylation is 1. The minimum atomic E-state index is -0.378. The van der Waals surface area contributed by atoms with E-state index in [0.717, 1.165) is 99.8 Å². The SMILES string of the molecule is CCOc1cc(-c2ccc(N3CCC(CC(=O)c4cc(F)ccc4C)(CN4CCN(CCOC)CC4)CC3)nc2)c2c(C#N)cnn2c1. The Morgan fingerprint density at radius 2 is 1.81 bits per heavy atom. The number of nitriles is 1. The molecule has 5 heterocycles. The Balaban J connectivity index is 1.19. The van der Waals surface area contributed by atoms with Gasteiger partial charge in [-0.05, 0) is 68.0 Å². The number of benzene rings is 1. The van der Waals surface area contributed by atoms with E-state index in [-0.39, 0.29) is 17.0 Å². The van der Waals surface area contributed by atoms with Gasteiger partial charge in [0.1, 0.15) is 23.5 Å². The molecule has 2 aliphatic heterocycles. The first-order valence-corrected chi connectivity index (χ1v) is 16.8. The van der Waals surface area contributed by atoms with Crippen LogP contribution in [0.15, 0.2) is 55.0 Å². The fourth-order valence-electron chi connectivity index (χ4n) is 7.17. The summed E-state index contributed by atoms with van der Waals surface area (Å²) >= 11 is 0. The second-order valence-corrected chi connectivity index (χ2v) is 13.0. The maximum Gasteiger partial charge on any atom is 0.163 e. The molecule has 0 radical (unpaired) electrons. The van der Waals surface area contributed by atoms with Gasteiger partial charge in [-0.25, -0.2) is 13.9 Å². The molecule has 2 saturated heterocycles. The molecule has 2 aliphatic rings. The fraction of sp³-hybridized carbons (Fsp3) is 0.459. The van der Waals surface area contributed by atoms with Crippen LogP contribution in [0.2, 0.25) is 0 Å². The molecule has 2 fully saturated rings. The van der Waals surface area contributed by atoms with Crippen molar-refractivity contribution in [3.05, 3.63) is 77.5 Å². The van der Waals surface area contributed by atoms with Crippen molar-refractivity contribution in [3.63, 3.8) is 0 Å². The molecule has 0 saturated carbocycles. The van der Waals surface area contributed by atoms with Crippen molar-refractivity contribution in [2.45, 2.75) is 33.1 Å². The van der Waals surface area contributed by atoms with Crippen molar-refractivity contribution in [3.8, 4) is 22.9 Å². The number of piperidine rings is 1. The van der Waals surface area contributed by atoms with E-state index >= 15 is 0 Å². The molecule has 0 bridgehead atoms. The van der Waals surface area contributed by atoms with Crippen LogP contribution in [-0.4, -0.2) is 103 Å².